The Morgan fingerprint density at radius 1 is 0.844 bits per heavy atom. The van der Waals surface area contributed by atoms with E-state index in [-0.39, 0.29) is 5.56 Å². The van der Waals surface area contributed by atoms with Gasteiger partial charge in [0.05, 0.1) is 7.11 Å². The minimum atomic E-state index is -3.25. The van der Waals surface area contributed by atoms with E-state index in [2.05, 4.69) is 14.5 Å². The van der Waals surface area contributed by atoms with Crippen molar-refractivity contribution in [1.82, 2.24) is 4.98 Å². The molecule has 10 heteroatoms. The number of anilines is 2. The Hall–Kier alpha value is -3.53. The van der Waals surface area contributed by atoms with Gasteiger partial charge in [-0.3, -0.25) is 0 Å². The van der Waals surface area contributed by atoms with E-state index in [4.69, 9.17) is 4.74 Å². The maximum absolute atomic E-state index is 12.6. The van der Waals surface area contributed by atoms with Crippen LogP contribution in [0.25, 0.3) is 0 Å². The lowest BCUT2D eigenvalue weighted by molar-refractivity contribution is -0.0693. The van der Waals surface area contributed by atoms with Crippen LogP contribution in [-0.4, -0.2) is 37.5 Å². The number of aliphatic hydroxyl groups is 1. The van der Waals surface area contributed by atoms with Crippen molar-refractivity contribution < 1.29 is 36.9 Å². The molecule has 2 aromatic carbocycles. The molecule has 0 aliphatic rings. The van der Waals surface area contributed by atoms with Gasteiger partial charge in [0, 0.05) is 24.5 Å². The number of alkyl halides is 4. The fraction of sp³-hybridized carbons (Fsp3) is 0.227. The minimum Gasteiger partial charge on any atom is -0.497 e. The van der Waals surface area contributed by atoms with Gasteiger partial charge in [-0.05, 0) is 48.0 Å². The molecule has 1 atom stereocenters. The van der Waals surface area contributed by atoms with E-state index in [1.165, 1.54) is 12.3 Å². The van der Waals surface area contributed by atoms with Gasteiger partial charge < -0.3 is 24.2 Å². The van der Waals surface area contributed by atoms with Crippen molar-refractivity contribution in [3.63, 3.8) is 0 Å². The van der Waals surface area contributed by atoms with Crippen molar-refractivity contribution in [2.24, 2.45) is 0 Å². The van der Waals surface area contributed by atoms with E-state index in [9.17, 15) is 22.7 Å². The van der Waals surface area contributed by atoms with Gasteiger partial charge in [-0.2, -0.15) is 17.6 Å². The second kappa shape index (κ2) is 10.2. The summed E-state index contributed by atoms with van der Waals surface area (Å²) >= 11 is 0. The van der Waals surface area contributed by atoms with E-state index < -0.39 is 30.8 Å². The van der Waals surface area contributed by atoms with Crippen molar-refractivity contribution in [2.45, 2.75) is 19.3 Å². The van der Waals surface area contributed by atoms with E-state index >= 15 is 0 Å². The third-order valence-corrected chi connectivity index (χ3v) is 4.61. The monoisotopic (exact) mass is 452 g/mol. The third-order valence-electron chi connectivity index (χ3n) is 4.61. The summed E-state index contributed by atoms with van der Waals surface area (Å²) in [7, 11) is 3.39. The molecule has 0 fully saturated rings. The topological polar surface area (TPSA) is 64.1 Å². The van der Waals surface area contributed by atoms with E-state index in [0.717, 1.165) is 17.8 Å². The molecular formula is C22H20F4N2O4. The predicted molar refractivity (Wildman–Crippen MR) is 109 cm³/mol. The molecule has 1 unspecified atom stereocenters. The summed E-state index contributed by atoms with van der Waals surface area (Å²) in [4.78, 5) is 6.15. The molecule has 0 radical (unpaired) electrons. The number of methoxy groups -OCH3 is 1. The Bertz CT molecular complexity index is 1020. The zero-order valence-electron chi connectivity index (χ0n) is 17.1. The highest BCUT2D eigenvalue weighted by Crippen LogP contribution is 2.35. The quantitative estimate of drug-likeness (QED) is 0.454. The molecule has 1 N–H and O–H groups in total. The van der Waals surface area contributed by atoms with Gasteiger partial charge in [0.1, 0.15) is 17.7 Å². The van der Waals surface area contributed by atoms with Gasteiger partial charge in [-0.15, -0.1) is 0 Å². The number of rotatable bonds is 9. The van der Waals surface area contributed by atoms with Crippen LogP contribution >= 0.6 is 0 Å². The third kappa shape index (κ3) is 5.58. The van der Waals surface area contributed by atoms with Crippen molar-refractivity contribution in [3.8, 4) is 17.2 Å². The zero-order chi connectivity index (χ0) is 23.3. The summed E-state index contributed by atoms with van der Waals surface area (Å²) in [6.45, 7) is -6.47. The molecule has 3 rings (SSSR count). The number of aliphatic hydroxyl groups excluding tert-OH is 1. The Labute approximate surface area is 181 Å². The summed E-state index contributed by atoms with van der Waals surface area (Å²) in [5.74, 6) is 0.133. The molecule has 0 bridgehead atoms. The van der Waals surface area contributed by atoms with Gasteiger partial charge >= 0.3 is 13.2 Å². The Morgan fingerprint density at radius 2 is 1.47 bits per heavy atom. The average Bonchev–Trinajstić information content (AvgIpc) is 2.79. The number of aromatic nitrogens is 1. The maximum Gasteiger partial charge on any atom is 0.387 e. The second-order valence-corrected chi connectivity index (χ2v) is 6.57. The number of nitrogens with zero attached hydrogens (tertiary/aromatic N) is 2. The standard InChI is InChI=1S/C22H20F4N2O4/c1-28(15-5-7-16(30-2)8-6-15)19-10-4-14(12-27-19)20(29)13-3-9-17(31-21(23)24)18(11-13)32-22(25)26/h3-12,20-22,29H,1-2H3. The van der Waals surface area contributed by atoms with Crippen LogP contribution in [0.3, 0.4) is 0 Å². The lowest BCUT2D eigenvalue weighted by Crippen LogP contribution is -2.12. The fourth-order valence-electron chi connectivity index (χ4n) is 2.96. The highest BCUT2D eigenvalue weighted by molar-refractivity contribution is 5.60. The summed E-state index contributed by atoms with van der Waals surface area (Å²) in [5.41, 5.74) is 1.36. The van der Waals surface area contributed by atoms with E-state index in [0.29, 0.717) is 17.1 Å². The SMILES string of the molecule is COc1ccc(N(C)c2ccc(C(O)c3ccc(OC(F)F)c(OC(F)F)c3)cn2)cc1. The molecule has 1 heterocycles. The molecule has 0 saturated carbocycles. The molecule has 3 aromatic rings. The van der Waals surface area contributed by atoms with Crippen molar-refractivity contribution in [2.75, 3.05) is 19.1 Å². The number of ether oxygens (including phenoxy) is 3. The Morgan fingerprint density at radius 3 is 2.03 bits per heavy atom. The van der Waals surface area contributed by atoms with Gasteiger partial charge in [0.25, 0.3) is 0 Å². The number of hydrogen-bond donors (Lipinski definition) is 1. The summed E-state index contributed by atoms with van der Waals surface area (Å²) in [6.07, 6.45) is 0.167. The zero-order valence-corrected chi connectivity index (χ0v) is 17.1. The first-order valence-corrected chi connectivity index (χ1v) is 9.34. The summed E-state index contributed by atoms with van der Waals surface area (Å²) in [6, 6.07) is 14.0. The van der Waals surface area contributed by atoms with Gasteiger partial charge in [-0.1, -0.05) is 12.1 Å². The molecular weight excluding hydrogens is 432 g/mol. The average molecular weight is 452 g/mol. The largest absolute Gasteiger partial charge is 0.497 e. The highest BCUT2D eigenvalue weighted by Gasteiger charge is 2.19. The fourth-order valence-corrected chi connectivity index (χ4v) is 2.96. The van der Waals surface area contributed by atoms with Crippen molar-refractivity contribution >= 4 is 11.5 Å². The molecule has 0 saturated heterocycles. The number of hydrogen-bond acceptors (Lipinski definition) is 6. The number of halogens is 4. The van der Waals surface area contributed by atoms with E-state index in [1.54, 1.807) is 19.2 Å². The van der Waals surface area contributed by atoms with Crippen LogP contribution in [0.4, 0.5) is 29.1 Å². The Balaban J connectivity index is 1.80. The van der Waals surface area contributed by atoms with Gasteiger partial charge in [0.2, 0.25) is 0 Å². The molecule has 0 aliphatic carbocycles. The first-order valence-electron chi connectivity index (χ1n) is 9.34. The van der Waals surface area contributed by atoms with Crippen molar-refractivity contribution in [3.05, 3.63) is 71.9 Å². The van der Waals surface area contributed by atoms with Crippen LogP contribution < -0.4 is 19.1 Å². The van der Waals surface area contributed by atoms with Crippen LogP contribution in [0.15, 0.2) is 60.8 Å². The van der Waals surface area contributed by atoms with Crippen LogP contribution in [-0.2, 0) is 0 Å². The van der Waals surface area contributed by atoms with Crippen LogP contribution in [0.1, 0.15) is 17.2 Å². The first-order chi connectivity index (χ1) is 15.3. The smallest absolute Gasteiger partial charge is 0.387 e. The van der Waals surface area contributed by atoms with Crippen LogP contribution in [0.5, 0.6) is 17.2 Å². The molecule has 0 spiro atoms. The summed E-state index contributed by atoms with van der Waals surface area (Å²) in [5, 5.41) is 10.6. The molecule has 32 heavy (non-hydrogen) atoms. The highest BCUT2D eigenvalue weighted by atomic mass is 19.3. The second-order valence-electron chi connectivity index (χ2n) is 6.57. The maximum atomic E-state index is 12.6. The lowest BCUT2D eigenvalue weighted by Gasteiger charge is -2.20. The molecule has 6 nitrogen and oxygen atoms in total. The minimum absolute atomic E-state index is 0.139. The molecule has 0 amide bonds. The van der Waals surface area contributed by atoms with Crippen molar-refractivity contribution in [1.29, 1.82) is 0 Å². The van der Waals surface area contributed by atoms with Gasteiger partial charge in [0.15, 0.2) is 11.5 Å². The molecule has 1 aromatic heterocycles. The number of pyridine rings is 1. The summed E-state index contributed by atoms with van der Waals surface area (Å²) < 4.78 is 63.9. The van der Waals surface area contributed by atoms with Crippen LogP contribution in [0, 0.1) is 0 Å². The Kier molecular flexibility index (Phi) is 7.37. The number of benzene rings is 2. The molecule has 170 valence electrons. The molecule has 0 aliphatic heterocycles. The first kappa shape index (κ1) is 23.1. The van der Waals surface area contributed by atoms with Gasteiger partial charge in [-0.25, -0.2) is 4.98 Å². The van der Waals surface area contributed by atoms with Crippen LogP contribution in [0.2, 0.25) is 0 Å². The normalized spacial score (nSPS) is 12.0. The predicted octanol–water partition coefficient (Wildman–Crippen LogP) is 5.14. The van der Waals surface area contributed by atoms with E-state index in [1.807, 2.05) is 36.2 Å². The lowest BCUT2D eigenvalue weighted by atomic mass is 10.0.